The molecule has 0 saturated carbocycles. The Labute approximate surface area is 173 Å². The van der Waals surface area contributed by atoms with Crippen molar-refractivity contribution in [3.8, 4) is 11.4 Å². The molecule has 2 aliphatic rings. The molecule has 0 aliphatic carbocycles. The first-order valence-corrected chi connectivity index (χ1v) is 10.2. The van der Waals surface area contributed by atoms with Gasteiger partial charge in [-0.05, 0) is 49.2 Å². The Morgan fingerprint density at radius 1 is 1.17 bits per heavy atom. The summed E-state index contributed by atoms with van der Waals surface area (Å²) in [7, 11) is 0. The van der Waals surface area contributed by atoms with E-state index in [1.165, 1.54) is 0 Å². The van der Waals surface area contributed by atoms with Crippen LogP contribution < -0.4 is 15.5 Å². The van der Waals surface area contributed by atoms with Gasteiger partial charge in [0.15, 0.2) is 11.6 Å². The van der Waals surface area contributed by atoms with Gasteiger partial charge in [0, 0.05) is 37.1 Å². The lowest BCUT2D eigenvalue weighted by molar-refractivity contribution is 0.0303. The monoisotopic (exact) mass is 408 g/mol. The maximum atomic E-state index is 11.7. The smallest absolute Gasteiger partial charge is 0.319 e. The first-order valence-electron chi connectivity index (χ1n) is 10.2. The number of nitrogens with zero attached hydrogens (tertiary/aromatic N) is 4. The van der Waals surface area contributed by atoms with Crippen molar-refractivity contribution in [2.24, 2.45) is 0 Å². The van der Waals surface area contributed by atoms with Crippen LogP contribution in [0.3, 0.4) is 0 Å². The number of carbonyl (C=O) groups excluding carboxylic acids is 1. The molecule has 9 nitrogen and oxygen atoms in total. The third kappa shape index (κ3) is 3.69. The molecular weight excluding hydrogens is 384 g/mol. The highest BCUT2D eigenvalue weighted by molar-refractivity contribution is 5.89. The summed E-state index contributed by atoms with van der Waals surface area (Å²) in [5.74, 6) is 1.56. The van der Waals surface area contributed by atoms with Crippen LogP contribution in [-0.4, -0.2) is 64.2 Å². The molecule has 2 amide bonds. The van der Waals surface area contributed by atoms with Crippen molar-refractivity contribution in [3.63, 3.8) is 0 Å². The highest BCUT2D eigenvalue weighted by atomic mass is 16.5. The van der Waals surface area contributed by atoms with Gasteiger partial charge in [0.1, 0.15) is 5.52 Å². The zero-order valence-electron chi connectivity index (χ0n) is 16.5. The molecule has 2 aliphatic heterocycles. The van der Waals surface area contributed by atoms with Crippen molar-refractivity contribution in [1.29, 1.82) is 0 Å². The number of aliphatic hydroxyl groups is 1. The van der Waals surface area contributed by atoms with Crippen molar-refractivity contribution in [3.05, 3.63) is 42.6 Å². The van der Waals surface area contributed by atoms with E-state index in [-0.39, 0.29) is 31.4 Å². The molecule has 2 bridgehead atoms. The SMILES string of the molecule is O=C(NCCO)Nc1ccc(-c2nc(N3C[C@H]4CC[C@@H](C3)O4)c3cccn3n2)cc1. The molecule has 2 saturated heterocycles. The van der Waals surface area contributed by atoms with Crippen molar-refractivity contribution in [2.45, 2.75) is 25.0 Å². The molecule has 4 heterocycles. The zero-order valence-corrected chi connectivity index (χ0v) is 16.5. The van der Waals surface area contributed by atoms with Gasteiger partial charge in [-0.25, -0.2) is 14.3 Å². The van der Waals surface area contributed by atoms with Crippen LogP contribution in [0.15, 0.2) is 42.6 Å². The van der Waals surface area contributed by atoms with Crippen molar-refractivity contribution >= 4 is 23.1 Å². The molecule has 30 heavy (non-hydrogen) atoms. The van der Waals surface area contributed by atoms with E-state index in [1.54, 1.807) is 0 Å². The molecule has 9 heteroatoms. The number of hydrogen-bond donors (Lipinski definition) is 3. The predicted octanol–water partition coefficient (Wildman–Crippen LogP) is 1.88. The Balaban J connectivity index is 1.41. The Hall–Kier alpha value is -3.17. The van der Waals surface area contributed by atoms with Crippen LogP contribution in [0.4, 0.5) is 16.3 Å². The minimum absolute atomic E-state index is 0.0987. The summed E-state index contributed by atoms with van der Waals surface area (Å²) in [6.07, 6.45) is 4.70. The summed E-state index contributed by atoms with van der Waals surface area (Å²) in [6, 6.07) is 11.1. The van der Waals surface area contributed by atoms with Crippen LogP contribution >= 0.6 is 0 Å². The van der Waals surface area contributed by atoms with E-state index in [9.17, 15) is 4.79 Å². The van der Waals surface area contributed by atoms with Crippen molar-refractivity contribution < 1.29 is 14.6 Å². The minimum atomic E-state index is -0.356. The van der Waals surface area contributed by atoms with Gasteiger partial charge < -0.3 is 25.4 Å². The summed E-state index contributed by atoms with van der Waals surface area (Å²) in [6.45, 7) is 1.80. The number of aromatic nitrogens is 3. The number of fused-ring (bicyclic) bond motifs is 3. The van der Waals surface area contributed by atoms with E-state index >= 15 is 0 Å². The first-order chi connectivity index (χ1) is 14.7. The second-order valence-electron chi connectivity index (χ2n) is 7.64. The fourth-order valence-corrected chi connectivity index (χ4v) is 4.11. The quantitative estimate of drug-likeness (QED) is 0.596. The number of aliphatic hydroxyl groups excluding tert-OH is 1. The molecule has 0 unspecified atom stereocenters. The van der Waals surface area contributed by atoms with E-state index in [4.69, 9.17) is 14.8 Å². The van der Waals surface area contributed by atoms with Gasteiger partial charge >= 0.3 is 6.03 Å². The third-order valence-corrected chi connectivity index (χ3v) is 5.51. The lowest BCUT2D eigenvalue weighted by Crippen LogP contribution is -2.43. The van der Waals surface area contributed by atoms with E-state index in [0.29, 0.717) is 11.5 Å². The van der Waals surface area contributed by atoms with E-state index < -0.39 is 0 Å². The standard InChI is InChI=1S/C21H24N6O3/c28-11-9-22-21(29)23-15-5-3-14(4-6-15)19-24-20(18-2-1-10-27(18)25-19)26-12-16-7-8-17(13-26)30-16/h1-6,10,16-17,28H,7-9,11-13H2,(H2,22,23,29)/t16-,17+. The van der Waals surface area contributed by atoms with Gasteiger partial charge in [-0.1, -0.05) is 0 Å². The number of amides is 2. The van der Waals surface area contributed by atoms with Gasteiger partial charge in [-0.2, -0.15) is 0 Å². The Bertz CT molecular complexity index is 1040. The Morgan fingerprint density at radius 3 is 2.67 bits per heavy atom. The number of ether oxygens (including phenoxy) is 1. The number of urea groups is 1. The zero-order chi connectivity index (χ0) is 20.5. The molecule has 156 valence electrons. The summed E-state index contributed by atoms with van der Waals surface area (Å²) in [5, 5.41) is 18.7. The third-order valence-electron chi connectivity index (χ3n) is 5.51. The summed E-state index contributed by atoms with van der Waals surface area (Å²) >= 11 is 0. The maximum absolute atomic E-state index is 11.7. The Kier molecular flexibility index (Phi) is 4.97. The maximum Gasteiger partial charge on any atom is 0.319 e. The highest BCUT2D eigenvalue weighted by Gasteiger charge is 2.35. The fourth-order valence-electron chi connectivity index (χ4n) is 4.11. The first kappa shape index (κ1) is 18.8. The second kappa shape index (κ2) is 7.92. The molecule has 2 aromatic heterocycles. The summed E-state index contributed by atoms with van der Waals surface area (Å²) in [5.41, 5.74) is 2.50. The molecule has 3 N–H and O–H groups in total. The average Bonchev–Trinajstić information content (AvgIpc) is 3.37. The van der Waals surface area contributed by atoms with Gasteiger partial charge in [-0.15, -0.1) is 5.10 Å². The number of carbonyl (C=O) groups is 1. The van der Waals surface area contributed by atoms with E-state index in [1.807, 2.05) is 47.1 Å². The van der Waals surface area contributed by atoms with Crippen molar-refractivity contribution in [2.75, 3.05) is 36.5 Å². The molecular formula is C21H24N6O3. The number of rotatable bonds is 5. The molecule has 2 atom stereocenters. The molecule has 0 radical (unpaired) electrons. The predicted molar refractivity (Wildman–Crippen MR) is 113 cm³/mol. The van der Waals surface area contributed by atoms with Gasteiger partial charge in [0.25, 0.3) is 0 Å². The van der Waals surface area contributed by atoms with E-state index in [0.717, 1.165) is 42.8 Å². The van der Waals surface area contributed by atoms with Crippen LogP contribution in [0.1, 0.15) is 12.8 Å². The number of hydrogen-bond acceptors (Lipinski definition) is 6. The van der Waals surface area contributed by atoms with Gasteiger partial charge in [0.05, 0.1) is 18.8 Å². The van der Waals surface area contributed by atoms with Crippen molar-refractivity contribution in [1.82, 2.24) is 19.9 Å². The summed E-state index contributed by atoms with van der Waals surface area (Å²) < 4.78 is 7.85. The molecule has 3 aromatic rings. The average molecular weight is 408 g/mol. The largest absolute Gasteiger partial charge is 0.395 e. The lowest BCUT2D eigenvalue weighted by atomic mass is 10.2. The van der Waals surface area contributed by atoms with Gasteiger partial charge in [0.2, 0.25) is 0 Å². The van der Waals surface area contributed by atoms with Crippen LogP contribution in [0.5, 0.6) is 0 Å². The molecule has 2 fully saturated rings. The molecule has 0 spiro atoms. The van der Waals surface area contributed by atoms with Crippen LogP contribution in [-0.2, 0) is 4.74 Å². The minimum Gasteiger partial charge on any atom is -0.395 e. The number of benzene rings is 1. The lowest BCUT2D eigenvalue weighted by Gasteiger charge is -2.33. The fraction of sp³-hybridized carbons (Fsp3) is 0.381. The molecule has 5 rings (SSSR count). The topological polar surface area (TPSA) is 104 Å². The normalized spacial score (nSPS) is 20.5. The number of anilines is 2. The number of nitrogens with one attached hydrogen (secondary N) is 2. The van der Waals surface area contributed by atoms with Crippen LogP contribution in [0.25, 0.3) is 16.9 Å². The highest BCUT2D eigenvalue weighted by Crippen LogP contribution is 2.32. The van der Waals surface area contributed by atoms with Crippen LogP contribution in [0.2, 0.25) is 0 Å². The summed E-state index contributed by atoms with van der Waals surface area (Å²) in [4.78, 5) is 19.0. The van der Waals surface area contributed by atoms with Crippen LogP contribution in [0, 0.1) is 0 Å². The van der Waals surface area contributed by atoms with Gasteiger partial charge in [-0.3, -0.25) is 0 Å². The molecule has 1 aromatic carbocycles. The van der Waals surface area contributed by atoms with E-state index in [2.05, 4.69) is 20.6 Å². The number of morpholine rings is 1. The Morgan fingerprint density at radius 2 is 1.93 bits per heavy atom. The second-order valence-corrected chi connectivity index (χ2v) is 7.64.